The third-order valence-electron chi connectivity index (χ3n) is 2.94. The van der Waals surface area contributed by atoms with E-state index < -0.39 is 0 Å². The molecule has 1 N–H and O–H groups in total. The first kappa shape index (κ1) is 9.65. The van der Waals surface area contributed by atoms with Crippen molar-refractivity contribution in [3.63, 3.8) is 0 Å². The Kier molecular flexibility index (Phi) is 2.82. The van der Waals surface area contributed by atoms with Crippen molar-refractivity contribution in [2.24, 2.45) is 7.05 Å². The number of aromatic nitrogens is 3. The summed E-state index contributed by atoms with van der Waals surface area (Å²) in [7, 11) is 1.96. The Morgan fingerprint density at radius 1 is 1.36 bits per heavy atom. The fourth-order valence-electron chi connectivity index (χ4n) is 1.94. The summed E-state index contributed by atoms with van der Waals surface area (Å²) in [6, 6.07) is 0. The van der Waals surface area contributed by atoms with Gasteiger partial charge in [-0.15, -0.1) is 0 Å². The minimum absolute atomic E-state index is 0.560. The van der Waals surface area contributed by atoms with Crippen LogP contribution in [-0.4, -0.2) is 27.9 Å². The van der Waals surface area contributed by atoms with E-state index in [1.165, 1.54) is 19.3 Å². The van der Waals surface area contributed by atoms with Crippen LogP contribution in [0.1, 0.15) is 36.8 Å². The monoisotopic (exact) mass is 194 g/mol. The van der Waals surface area contributed by atoms with Crippen LogP contribution >= 0.6 is 0 Å². The summed E-state index contributed by atoms with van der Waals surface area (Å²) >= 11 is 0. The minimum Gasteiger partial charge on any atom is -0.317 e. The molecular weight excluding hydrogens is 176 g/mol. The van der Waals surface area contributed by atoms with E-state index in [0.29, 0.717) is 5.92 Å². The lowest BCUT2D eigenvalue weighted by Crippen LogP contribution is -2.14. The Morgan fingerprint density at radius 3 is 2.93 bits per heavy atom. The van der Waals surface area contributed by atoms with E-state index in [1.807, 2.05) is 18.7 Å². The summed E-state index contributed by atoms with van der Waals surface area (Å²) in [5, 5.41) is 7.86. The molecular formula is C10H18N4. The quantitative estimate of drug-likeness (QED) is 0.724. The fraction of sp³-hybridized carbons (Fsp3) is 0.800. The summed E-state index contributed by atoms with van der Waals surface area (Å²) in [6.45, 7) is 4.25. The van der Waals surface area contributed by atoms with Crippen LogP contribution in [0.5, 0.6) is 0 Å². The van der Waals surface area contributed by atoms with Crippen molar-refractivity contribution in [2.45, 2.75) is 32.1 Å². The third kappa shape index (κ3) is 1.95. The first-order chi connectivity index (χ1) is 6.77. The molecule has 0 saturated carbocycles. The molecule has 4 nitrogen and oxygen atoms in total. The molecule has 0 amide bonds. The van der Waals surface area contributed by atoms with Gasteiger partial charge in [0.15, 0.2) is 5.82 Å². The molecule has 0 radical (unpaired) electrons. The molecule has 0 aromatic carbocycles. The maximum absolute atomic E-state index is 4.50. The van der Waals surface area contributed by atoms with Gasteiger partial charge in [-0.1, -0.05) is 0 Å². The van der Waals surface area contributed by atoms with Crippen molar-refractivity contribution >= 4 is 0 Å². The van der Waals surface area contributed by atoms with E-state index in [9.17, 15) is 0 Å². The number of aryl methyl sites for hydroxylation is 2. The van der Waals surface area contributed by atoms with Gasteiger partial charge in [0.05, 0.1) is 0 Å². The van der Waals surface area contributed by atoms with E-state index >= 15 is 0 Å². The number of nitrogens with zero attached hydrogens (tertiary/aromatic N) is 3. The molecule has 1 unspecified atom stereocenters. The van der Waals surface area contributed by atoms with Gasteiger partial charge in [-0.25, -0.2) is 4.98 Å². The van der Waals surface area contributed by atoms with Crippen LogP contribution in [0.2, 0.25) is 0 Å². The lowest BCUT2D eigenvalue weighted by molar-refractivity contribution is 0.568. The Morgan fingerprint density at radius 2 is 2.21 bits per heavy atom. The van der Waals surface area contributed by atoms with Gasteiger partial charge in [0, 0.05) is 13.0 Å². The van der Waals surface area contributed by atoms with E-state index in [-0.39, 0.29) is 0 Å². The Balaban J connectivity index is 2.12. The SMILES string of the molecule is Cc1nc(C2CCCNCC2)nn1C. The van der Waals surface area contributed by atoms with Crippen LogP contribution in [0.25, 0.3) is 0 Å². The number of hydrogen-bond acceptors (Lipinski definition) is 3. The van der Waals surface area contributed by atoms with Crippen molar-refractivity contribution in [2.75, 3.05) is 13.1 Å². The van der Waals surface area contributed by atoms with Crippen LogP contribution < -0.4 is 5.32 Å². The van der Waals surface area contributed by atoms with Gasteiger partial charge < -0.3 is 5.32 Å². The molecule has 2 heterocycles. The molecule has 1 aliphatic rings. The van der Waals surface area contributed by atoms with Crippen molar-refractivity contribution in [3.05, 3.63) is 11.6 Å². The first-order valence-corrected chi connectivity index (χ1v) is 5.35. The van der Waals surface area contributed by atoms with Crippen molar-refractivity contribution in [1.82, 2.24) is 20.1 Å². The smallest absolute Gasteiger partial charge is 0.154 e. The lowest BCUT2D eigenvalue weighted by atomic mass is 10.0. The average Bonchev–Trinajstić information content (AvgIpc) is 2.46. The molecule has 1 atom stereocenters. The van der Waals surface area contributed by atoms with Crippen LogP contribution in [0, 0.1) is 6.92 Å². The number of hydrogen-bond donors (Lipinski definition) is 1. The molecule has 1 aliphatic heterocycles. The molecule has 2 rings (SSSR count). The van der Waals surface area contributed by atoms with E-state index in [4.69, 9.17) is 0 Å². The molecule has 78 valence electrons. The van der Waals surface area contributed by atoms with Crippen molar-refractivity contribution in [1.29, 1.82) is 0 Å². The third-order valence-corrected chi connectivity index (χ3v) is 2.94. The van der Waals surface area contributed by atoms with Gasteiger partial charge in [0.2, 0.25) is 0 Å². The van der Waals surface area contributed by atoms with Gasteiger partial charge in [-0.05, 0) is 39.3 Å². The molecule has 0 aliphatic carbocycles. The fourth-order valence-corrected chi connectivity index (χ4v) is 1.94. The van der Waals surface area contributed by atoms with Crippen LogP contribution in [0.4, 0.5) is 0 Å². The summed E-state index contributed by atoms with van der Waals surface area (Å²) in [4.78, 5) is 4.50. The van der Waals surface area contributed by atoms with Crippen LogP contribution in [0.15, 0.2) is 0 Å². The van der Waals surface area contributed by atoms with Gasteiger partial charge >= 0.3 is 0 Å². The molecule has 1 saturated heterocycles. The highest BCUT2D eigenvalue weighted by molar-refractivity contribution is 4.99. The van der Waals surface area contributed by atoms with Gasteiger partial charge in [0.25, 0.3) is 0 Å². The largest absolute Gasteiger partial charge is 0.317 e. The summed E-state index contributed by atoms with van der Waals surface area (Å²) in [6.07, 6.45) is 3.63. The Bertz CT molecular complexity index is 278. The number of nitrogens with one attached hydrogen (secondary N) is 1. The van der Waals surface area contributed by atoms with E-state index in [0.717, 1.165) is 24.7 Å². The molecule has 4 heteroatoms. The summed E-state index contributed by atoms with van der Waals surface area (Å²) in [5.41, 5.74) is 0. The molecule has 0 bridgehead atoms. The zero-order chi connectivity index (χ0) is 9.97. The Labute approximate surface area is 84.7 Å². The Hall–Kier alpha value is -0.900. The molecule has 14 heavy (non-hydrogen) atoms. The first-order valence-electron chi connectivity index (χ1n) is 5.35. The van der Waals surface area contributed by atoms with Crippen LogP contribution in [0.3, 0.4) is 0 Å². The normalized spacial score (nSPS) is 23.4. The second kappa shape index (κ2) is 4.09. The molecule has 1 aromatic heterocycles. The second-order valence-corrected chi connectivity index (χ2v) is 4.02. The zero-order valence-corrected chi connectivity index (χ0v) is 8.95. The summed E-state index contributed by atoms with van der Waals surface area (Å²) < 4.78 is 1.87. The lowest BCUT2D eigenvalue weighted by Gasteiger charge is -2.07. The van der Waals surface area contributed by atoms with Gasteiger partial charge in [-0.2, -0.15) is 5.10 Å². The average molecular weight is 194 g/mol. The highest BCUT2D eigenvalue weighted by Crippen LogP contribution is 2.23. The van der Waals surface area contributed by atoms with Gasteiger partial charge in [0.1, 0.15) is 5.82 Å². The minimum atomic E-state index is 0.560. The second-order valence-electron chi connectivity index (χ2n) is 4.02. The highest BCUT2D eigenvalue weighted by atomic mass is 15.3. The van der Waals surface area contributed by atoms with Crippen molar-refractivity contribution in [3.8, 4) is 0 Å². The maximum atomic E-state index is 4.50. The standard InChI is InChI=1S/C10H18N4/c1-8-12-10(13-14(8)2)9-4-3-6-11-7-5-9/h9,11H,3-7H2,1-2H3. The molecule has 0 spiro atoms. The maximum Gasteiger partial charge on any atom is 0.154 e. The van der Waals surface area contributed by atoms with Crippen molar-refractivity contribution < 1.29 is 0 Å². The van der Waals surface area contributed by atoms with Crippen LogP contribution in [-0.2, 0) is 7.05 Å². The molecule has 1 aromatic rings. The topological polar surface area (TPSA) is 42.7 Å². The predicted molar refractivity (Wildman–Crippen MR) is 55.2 cm³/mol. The zero-order valence-electron chi connectivity index (χ0n) is 8.95. The van der Waals surface area contributed by atoms with E-state index in [2.05, 4.69) is 15.4 Å². The summed E-state index contributed by atoms with van der Waals surface area (Å²) in [5.74, 6) is 2.61. The molecule has 1 fully saturated rings. The highest BCUT2D eigenvalue weighted by Gasteiger charge is 2.18. The number of rotatable bonds is 1. The van der Waals surface area contributed by atoms with E-state index in [1.54, 1.807) is 0 Å². The predicted octanol–water partition coefficient (Wildman–Crippen LogP) is 0.981. The van der Waals surface area contributed by atoms with Gasteiger partial charge in [-0.3, -0.25) is 4.68 Å².